The molecule has 4 aliphatic carbocycles. The number of H-pyrrole nitrogens is 1. The van der Waals surface area contributed by atoms with Crippen molar-refractivity contribution >= 4 is 21.7 Å². The van der Waals surface area contributed by atoms with Crippen LogP contribution in [0.15, 0.2) is 60.7 Å². The number of aromatic amines is 1. The molecule has 0 unspecified atom stereocenters. The van der Waals surface area contributed by atoms with Gasteiger partial charge in [0.2, 0.25) is 0 Å². The van der Waals surface area contributed by atoms with Crippen molar-refractivity contribution in [2.75, 3.05) is 13.1 Å². The van der Waals surface area contributed by atoms with Crippen molar-refractivity contribution in [3.05, 3.63) is 83.0 Å². The first-order valence-corrected chi connectivity index (χ1v) is 15.3. The Balaban J connectivity index is 1.21. The Morgan fingerprint density at radius 3 is 2.63 bits per heavy atom. The van der Waals surface area contributed by atoms with Crippen molar-refractivity contribution in [2.45, 2.75) is 55.3 Å². The minimum Gasteiger partial charge on any atom is -0.504 e. The minimum absolute atomic E-state index is 0.0342. The molecule has 6 aliphatic rings. The molecule has 5 aromatic rings. The standard InChI is InChI=1S/C36H30N2O3/c39-27-11-10-19-14-28-36(40)16-26-25-15-24-21-5-2-1-4-20(21)22-6-3-7-23(29(22)24)31(25)37-32(26)34-35(36,30(19)33(27)41-34)12-13-38(28)17-18-8-9-18/h1-7,10-11,15,18,28,34,37,39-40H,8-9,12-14,16-17H2/t28-,34+,35+,36-/m1/s1. The Bertz CT molecular complexity index is 2040. The number of benzene rings is 4. The van der Waals surface area contributed by atoms with Crippen molar-refractivity contribution in [3.8, 4) is 33.8 Å². The summed E-state index contributed by atoms with van der Waals surface area (Å²) in [5, 5.41) is 28.0. The highest BCUT2D eigenvalue weighted by atomic mass is 16.5. The molecule has 4 atom stereocenters. The van der Waals surface area contributed by atoms with E-state index < -0.39 is 11.0 Å². The van der Waals surface area contributed by atoms with Crippen LogP contribution in [0.3, 0.4) is 0 Å². The van der Waals surface area contributed by atoms with E-state index in [-0.39, 0.29) is 17.9 Å². The van der Waals surface area contributed by atoms with Gasteiger partial charge in [0.05, 0.1) is 22.2 Å². The van der Waals surface area contributed by atoms with Crippen LogP contribution in [-0.4, -0.2) is 44.8 Å². The van der Waals surface area contributed by atoms with Gasteiger partial charge in [0.1, 0.15) is 0 Å². The van der Waals surface area contributed by atoms with Crippen LogP contribution in [0.5, 0.6) is 11.5 Å². The number of nitrogens with one attached hydrogen (secondary N) is 1. The van der Waals surface area contributed by atoms with Crippen molar-refractivity contribution in [2.24, 2.45) is 5.92 Å². The summed E-state index contributed by atoms with van der Waals surface area (Å²) in [6.07, 6.45) is 4.48. The fraction of sp³-hybridized carbons (Fsp3) is 0.333. The predicted octanol–water partition coefficient (Wildman–Crippen LogP) is 6.37. The number of phenolic OH excluding ortho intramolecular Hbond substituents is 1. The summed E-state index contributed by atoms with van der Waals surface area (Å²) in [7, 11) is 0. The molecular formula is C36H30N2O3. The van der Waals surface area contributed by atoms with Gasteiger partial charge < -0.3 is 19.9 Å². The number of ether oxygens (including phenoxy) is 1. The van der Waals surface area contributed by atoms with Crippen molar-refractivity contribution < 1.29 is 14.9 Å². The molecule has 2 aliphatic heterocycles. The van der Waals surface area contributed by atoms with Crippen molar-refractivity contribution in [3.63, 3.8) is 0 Å². The normalized spacial score (nSPS) is 29.9. The zero-order valence-electron chi connectivity index (χ0n) is 22.7. The summed E-state index contributed by atoms with van der Waals surface area (Å²) < 4.78 is 6.84. The molecule has 41 heavy (non-hydrogen) atoms. The van der Waals surface area contributed by atoms with Crippen LogP contribution in [-0.2, 0) is 18.3 Å². The first-order chi connectivity index (χ1) is 20.1. The zero-order valence-corrected chi connectivity index (χ0v) is 22.7. The van der Waals surface area contributed by atoms with E-state index in [9.17, 15) is 10.2 Å². The number of piperidine rings is 1. The second-order valence-electron chi connectivity index (χ2n) is 13.6. The molecule has 2 bridgehead atoms. The second-order valence-corrected chi connectivity index (χ2v) is 13.6. The maximum Gasteiger partial charge on any atom is 0.166 e. The van der Waals surface area contributed by atoms with E-state index >= 15 is 0 Å². The van der Waals surface area contributed by atoms with Crippen LogP contribution in [0.4, 0.5) is 0 Å². The first-order valence-electron chi connectivity index (χ1n) is 15.3. The summed E-state index contributed by atoms with van der Waals surface area (Å²) in [4.78, 5) is 6.50. The van der Waals surface area contributed by atoms with Crippen LogP contribution >= 0.6 is 0 Å². The predicted molar refractivity (Wildman–Crippen MR) is 158 cm³/mol. The number of aromatic nitrogens is 1. The highest BCUT2D eigenvalue weighted by Crippen LogP contribution is 2.69. The molecule has 3 heterocycles. The lowest BCUT2D eigenvalue weighted by atomic mass is 9.49. The van der Waals surface area contributed by atoms with Gasteiger partial charge in [-0.1, -0.05) is 48.5 Å². The third-order valence-electron chi connectivity index (χ3n) is 11.8. The molecule has 0 radical (unpaired) electrons. The number of fused-ring (bicyclic) bond motifs is 8. The Morgan fingerprint density at radius 1 is 0.951 bits per heavy atom. The van der Waals surface area contributed by atoms with Gasteiger partial charge in [-0.15, -0.1) is 0 Å². The molecular weight excluding hydrogens is 508 g/mol. The van der Waals surface area contributed by atoms with Crippen LogP contribution in [0.2, 0.25) is 0 Å². The Labute approximate surface area is 237 Å². The SMILES string of the molecule is Oc1ccc2c3c1O[C@H]1c4[nH]c5c(cc6c7c(cccc75)-c5ccccc5-6)c4C[C@@]4(O)[C@@H](C2)N(CC2CC2)CC[C@]314. The van der Waals surface area contributed by atoms with Crippen LogP contribution in [0, 0.1) is 5.92 Å². The highest BCUT2D eigenvalue weighted by molar-refractivity contribution is 6.23. The van der Waals surface area contributed by atoms with Crippen molar-refractivity contribution in [1.82, 2.24) is 9.88 Å². The molecule has 1 saturated heterocycles. The average molecular weight is 539 g/mol. The number of rotatable bonds is 2. The molecule has 0 amide bonds. The quantitative estimate of drug-likeness (QED) is 0.240. The monoisotopic (exact) mass is 538 g/mol. The average Bonchev–Trinajstić information content (AvgIpc) is 3.50. The van der Waals surface area contributed by atoms with Gasteiger partial charge in [-0.25, -0.2) is 0 Å². The van der Waals surface area contributed by atoms with E-state index in [1.54, 1.807) is 6.07 Å². The molecule has 1 saturated carbocycles. The maximum absolute atomic E-state index is 13.2. The van der Waals surface area contributed by atoms with E-state index in [0.29, 0.717) is 12.2 Å². The molecule has 5 heteroatoms. The number of likely N-dealkylation sites (tertiary alicyclic amines) is 1. The fourth-order valence-corrected chi connectivity index (χ4v) is 9.96. The van der Waals surface area contributed by atoms with Gasteiger partial charge in [-0.2, -0.15) is 0 Å². The highest BCUT2D eigenvalue weighted by Gasteiger charge is 2.73. The first kappa shape index (κ1) is 21.9. The second kappa shape index (κ2) is 6.80. The lowest BCUT2D eigenvalue weighted by Crippen LogP contribution is -2.74. The molecule has 3 N–H and O–H groups in total. The molecule has 1 aromatic heterocycles. The lowest BCUT2D eigenvalue weighted by Gasteiger charge is -2.62. The molecule has 1 spiro atoms. The summed E-state index contributed by atoms with van der Waals surface area (Å²) in [5.41, 5.74) is 9.31. The van der Waals surface area contributed by atoms with Gasteiger partial charge in [0.25, 0.3) is 0 Å². The van der Waals surface area contributed by atoms with Gasteiger partial charge in [-0.3, -0.25) is 4.90 Å². The van der Waals surface area contributed by atoms with E-state index in [0.717, 1.165) is 48.6 Å². The third kappa shape index (κ3) is 2.32. The number of phenols is 1. The summed E-state index contributed by atoms with van der Waals surface area (Å²) >= 11 is 0. The summed E-state index contributed by atoms with van der Waals surface area (Å²) in [6, 6.07) is 21.6. The minimum atomic E-state index is -0.978. The van der Waals surface area contributed by atoms with E-state index in [1.807, 2.05) is 0 Å². The summed E-state index contributed by atoms with van der Waals surface area (Å²) in [5.74, 6) is 1.54. The lowest BCUT2D eigenvalue weighted by molar-refractivity contribution is -0.173. The number of nitrogens with zero attached hydrogens (tertiary/aromatic N) is 1. The number of aliphatic hydroxyl groups is 1. The Kier molecular flexibility index (Phi) is 3.63. The largest absolute Gasteiger partial charge is 0.504 e. The van der Waals surface area contributed by atoms with E-state index in [2.05, 4.69) is 64.5 Å². The summed E-state index contributed by atoms with van der Waals surface area (Å²) in [6.45, 7) is 2.03. The van der Waals surface area contributed by atoms with Gasteiger partial charge in [-0.05, 0) is 89.0 Å². The Morgan fingerprint density at radius 2 is 1.78 bits per heavy atom. The fourth-order valence-electron chi connectivity index (χ4n) is 9.96. The molecule has 2 fully saturated rings. The van der Waals surface area contributed by atoms with Crippen LogP contribution < -0.4 is 4.74 Å². The number of hydrogen-bond donors (Lipinski definition) is 3. The van der Waals surface area contributed by atoms with Gasteiger partial charge >= 0.3 is 0 Å². The van der Waals surface area contributed by atoms with Gasteiger partial charge in [0.15, 0.2) is 17.6 Å². The number of hydrogen-bond acceptors (Lipinski definition) is 4. The van der Waals surface area contributed by atoms with E-state index in [4.69, 9.17) is 4.74 Å². The Hall–Kier alpha value is -3.80. The molecule has 4 aromatic carbocycles. The maximum atomic E-state index is 13.2. The van der Waals surface area contributed by atoms with E-state index in [1.165, 1.54) is 62.4 Å². The molecule has 11 rings (SSSR count). The number of aromatic hydroxyl groups is 1. The van der Waals surface area contributed by atoms with Crippen LogP contribution in [0.25, 0.3) is 43.9 Å². The van der Waals surface area contributed by atoms with Gasteiger partial charge in [0, 0.05) is 35.3 Å². The zero-order chi connectivity index (χ0) is 26.8. The molecule has 202 valence electrons. The topological polar surface area (TPSA) is 68.7 Å². The third-order valence-corrected chi connectivity index (χ3v) is 11.8. The van der Waals surface area contributed by atoms with Crippen LogP contribution in [0.1, 0.15) is 47.8 Å². The van der Waals surface area contributed by atoms with Crippen molar-refractivity contribution in [1.29, 1.82) is 0 Å². The smallest absolute Gasteiger partial charge is 0.166 e. The molecule has 5 nitrogen and oxygen atoms in total.